The maximum atomic E-state index is 11.1. The van der Waals surface area contributed by atoms with E-state index in [9.17, 15) is 4.79 Å². The number of hydrogen-bond acceptors (Lipinski definition) is 3. The van der Waals surface area contributed by atoms with Gasteiger partial charge in [-0.25, -0.2) is 0 Å². The first kappa shape index (κ1) is 13.1. The zero-order chi connectivity index (χ0) is 10.6. The van der Waals surface area contributed by atoms with Gasteiger partial charge in [-0.2, -0.15) is 0 Å². The summed E-state index contributed by atoms with van der Waals surface area (Å²) in [4.78, 5) is 11.1. The fourth-order valence-corrected chi connectivity index (χ4v) is 0.913. The van der Waals surface area contributed by atoms with Crippen LogP contribution >= 0.6 is 0 Å². The van der Waals surface area contributed by atoms with E-state index in [1.54, 1.807) is 7.11 Å². The Balaban J connectivity index is 3.15. The number of methoxy groups -OCH3 is 1. The van der Waals surface area contributed by atoms with Crippen LogP contribution in [0.3, 0.4) is 0 Å². The molecule has 0 aliphatic heterocycles. The van der Waals surface area contributed by atoms with Crippen molar-refractivity contribution in [2.45, 2.75) is 12.8 Å². The van der Waals surface area contributed by atoms with Crippen molar-refractivity contribution >= 4 is 5.91 Å². The second-order valence-corrected chi connectivity index (χ2v) is 2.95. The molecule has 0 aliphatic rings. The maximum Gasteiger partial charge on any atom is 0.233 e. The smallest absolute Gasteiger partial charge is 0.233 e. The quantitative estimate of drug-likeness (QED) is 0.416. The van der Waals surface area contributed by atoms with Gasteiger partial charge in [0.15, 0.2) is 0 Å². The third-order valence-corrected chi connectivity index (χ3v) is 1.66. The van der Waals surface area contributed by atoms with E-state index < -0.39 is 0 Å². The van der Waals surface area contributed by atoms with Crippen molar-refractivity contribution in [2.75, 3.05) is 33.4 Å². The van der Waals surface area contributed by atoms with Gasteiger partial charge < -0.3 is 15.4 Å². The summed E-state index contributed by atoms with van der Waals surface area (Å²) in [5, 5.41) is 5.80. The molecule has 0 aliphatic carbocycles. The number of carbonyl (C=O) groups excluding carboxylic acids is 1. The Hall–Kier alpha value is -0.870. The Morgan fingerprint density at radius 2 is 2.29 bits per heavy atom. The second-order valence-electron chi connectivity index (χ2n) is 2.95. The average Bonchev–Trinajstić information content (AvgIpc) is 2.19. The largest absolute Gasteiger partial charge is 0.385 e. The number of hydrogen-bond donors (Lipinski definition) is 2. The Morgan fingerprint density at radius 1 is 1.50 bits per heavy atom. The van der Waals surface area contributed by atoms with E-state index >= 15 is 0 Å². The van der Waals surface area contributed by atoms with Crippen LogP contribution < -0.4 is 10.6 Å². The lowest BCUT2D eigenvalue weighted by molar-refractivity contribution is -0.120. The molecular formula is C10H20N2O2. The van der Waals surface area contributed by atoms with Gasteiger partial charge in [-0.05, 0) is 19.4 Å². The molecule has 0 fully saturated rings. The predicted octanol–water partition coefficient (Wildman–Crippen LogP) is 0.305. The maximum absolute atomic E-state index is 11.1. The van der Waals surface area contributed by atoms with Gasteiger partial charge in [0, 0.05) is 20.3 Å². The Bertz CT molecular complexity index is 160. The monoisotopic (exact) mass is 200 g/mol. The summed E-state index contributed by atoms with van der Waals surface area (Å²) in [5.74, 6) is 0.0326. The van der Waals surface area contributed by atoms with Crippen LogP contribution in [0.1, 0.15) is 12.8 Å². The molecular weight excluding hydrogens is 180 g/mol. The van der Waals surface area contributed by atoms with Crippen LogP contribution in [0.4, 0.5) is 0 Å². The van der Waals surface area contributed by atoms with E-state index in [0.29, 0.717) is 19.7 Å². The first-order valence-corrected chi connectivity index (χ1v) is 4.88. The van der Waals surface area contributed by atoms with Gasteiger partial charge in [0.05, 0.1) is 6.54 Å². The summed E-state index contributed by atoms with van der Waals surface area (Å²) >= 11 is 0. The molecule has 0 rings (SSSR count). The van der Waals surface area contributed by atoms with Gasteiger partial charge in [0.25, 0.3) is 0 Å². The molecule has 0 saturated carbocycles. The Morgan fingerprint density at radius 3 is 2.93 bits per heavy atom. The van der Waals surface area contributed by atoms with Crippen molar-refractivity contribution in [3.05, 3.63) is 12.7 Å². The molecule has 0 aromatic carbocycles. The first-order chi connectivity index (χ1) is 6.81. The van der Waals surface area contributed by atoms with Crippen molar-refractivity contribution < 1.29 is 9.53 Å². The molecule has 0 bridgehead atoms. The van der Waals surface area contributed by atoms with Crippen LogP contribution in [-0.2, 0) is 9.53 Å². The molecule has 14 heavy (non-hydrogen) atoms. The number of amides is 1. The van der Waals surface area contributed by atoms with E-state index in [1.165, 1.54) is 0 Å². The van der Waals surface area contributed by atoms with Crippen molar-refractivity contribution in [1.82, 2.24) is 10.6 Å². The van der Waals surface area contributed by atoms with Crippen molar-refractivity contribution in [3.8, 4) is 0 Å². The first-order valence-electron chi connectivity index (χ1n) is 4.88. The summed E-state index contributed by atoms with van der Waals surface area (Å²) in [6.45, 7) is 6.13. The van der Waals surface area contributed by atoms with Gasteiger partial charge in [0.1, 0.15) is 0 Å². The molecule has 1 amide bonds. The second kappa shape index (κ2) is 10.2. The van der Waals surface area contributed by atoms with Gasteiger partial charge in [-0.15, -0.1) is 6.58 Å². The fraction of sp³-hybridized carbons (Fsp3) is 0.700. The molecule has 0 aromatic heterocycles. The Kier molecular flexibility index (Phi) is 9.58. The third kappa shape index (κ3) is 9.22. The van der Waals surface area contributed by atoms with Crippen LogP contribution in [-0.4, -0.2) is 39.3 Å². The van der Waals surface area contributed by atoms with Crippen LogP contribution in [0.15, 0.2) is 12.7 Å². The summed E-state index contributed by atoms with van der Waals surface area (Å²) in [6.07, 6.45) is 3.56. The lowest BCUT2D eigenvalue weighted by atomic mass is 10.4. The van der Waals surface area contributed by atoms with E-state index in [1.807, 2.05) is 6.08 Å². The zero-order valence-electron chi connectivity index (χ0n) is 8.84. The standard InChI is InChI=1S/C10H20N2O2/c1-3-4-6-11-9-10(13)12-7-5-8-14-2/h3,11H,1,4-9H2,2H3,(H,12,13). The summed E-state index contributed by atoms with van der Waals surface area (Å²) in [6, 6.07) is 0. The highest BCUT2D eigenvalue weighted by molar-refractivity contribution is 5.77. The number of nitrogens with one attached hydrogen (secondary N) is 2. The van der Waals surface area contributed by atoms with Crippen LogP contribution in [0, 0.1) is 0 Å². The molecule has 4 heteroatoms. The lowest BCUT2D eigenvalue weighted by Crippen LogP contribution is -2.34. The highest BCUT2D eigenvalue weighted by Crippen LogP contribution is 1.78. The molecule has 0 atom stereocenters. The van der Waals surface area contributed by atoms with E-state index in [2.05, 4.69) is 17.2 Å². The van der Waals surface area contributed by atoms with Gasteiger partial charge in [0.2, 0.25) is 5.91 Å². The van der Waals surface area contributed by atoms with Gasteiger partial charge in [-0.3, -0.25) is 4.79 Å². The van der Waals surface area contributed by atoms with E-state index in [4.69, 9.17) is 4.74 Å². The van der Waals surface area contributed by atoms with Crippen LogP contribution in [0.2, 0.25) is 0 Å². The minimum atomic E-state index is 0.0326. The number of carbonyl (C=O) groups is 1. The highest BCUT2D eigenvalue weighted by Gasteiger charge is 1.97. The molecule has 4 nitrogen and oxygen atoms in total. The molecule has 0 saturated heterocycles. The van der Waals surface area contributed by atoms with Crippen LogP contribution in [0.25, 0.3) is 0 Å². The lowest BCUT2D eigenvalue weighted by Gasteiger charge is -2.05. The van der Waals surface area contributed by atoms with Gasteiger partial charge >= 0.3 is 0 Å². The van der Waals surface area contributed by atoms with Crippen molar-refractivity contribution in [3.63, 3.8) is 0 Å². The normalized spacial score (nSPS) is 9.79. The minimum Gasteiger partial charge on any atom is -0.385 e. The Labute approximate surface area is 85.7 Å². The third-order valence-electron chi connectivity index (χ3n) is 1.66. The minimum absolute atomic E-state index is 0.0326. The molecule has 2 N–H and O–H groups in total. The summed E-state index contributed by atoms with van der Waals surface area (Å²) < 4.78 is 4.86. The fourth-order valence-electron chi connectivity index (χ4n) is 0.913. The molecule has 0 spiro atoms. The zero-order valence-corrected chi connectivity index (χ0v) is 8.84. The van der Waals surface area contributed by atoms with Crippen molar-refractivity contribution in [1.29, 1.82) is 0 Å². The summed E-state index contributed by atoms with van der Waals surface area (Å²) in [7, 11) is 1.65. The molecule has 0 unspecified atom stereocenters. The average molecular weight is 200 g/mol. The van der Waals surface area contributed by atoms with Gasteiger partial charge in [-0.1, -0.05) is 6.08 Å². The van der Waals surface area contributed by atoms with E-state index in [-0.39, 0.29) is 5.91 Å². The molecule has 0 radical (unpaired) electrons. The number of rotatable bonds is 9. The highest BCUT2D eigenvalue weighted by atomic mass is 16.5. The predicted molar refractivity (Wildman–Crippen MR) is 57.2 cm³/mol. The molecule has 82 valence electrons. The summed E-state index contributed by atoms with van der Waals surface area (Å²) in [5.41, 5.74) is 0. The van der Waals surface area contributed by atoms with Crippen molar-refractivity contribution in [2.24, 2.45) is 0 Å². The van der Waals surface area contributed by atoms with E-state index in [0.717, 1.165) is 19.4 Å². The van der Waals surface area contributed by atoms with Crippen LogP contribution in [0.5, 0.6) is 0 Å². The topological polar surface area (TPSA) is 50.4 Å². The number of ether oxygens (including phenoxy) is 1. The molecule has 0 heterocycles. The molecule has 0 aromatic rings. The SMILES string of the molecule is C=CCCNCC(=O)NCCCOC.